The molecule has 3 aromatic rings. The summed E-state index contributed by atoms with van der Waals surface area (Å²) in [5.74, 6) is -0.879. The molecule has 1 aliphatic carbocycles. The zero-order valence-electron chi connectivity index (χ0n) is 22.0. The number of rotatable bonds is 4. The Kier molecular flexibility index (Phi) is 12.4. The van der Waals surface area contributed by atoms with E-state index in [4.69, 9.17) is 0 Å². The molecule has 3 heteroatoms. The van der Waals surface area contributed by atoms with Gasteiger partial charge in [-0.3, -0.25) is 10.9 Å². The molecule has 0 saturated carbocycles. The van der Waals surface area contributed by atoms with Gasteiger partial charge in [0.15, 0.2) is 0 Å². The van der Waals surface area contributed by atoms with Gasteiger partial charge in [-0.1, -0.05) is 124 Å². The van der Waals surface area contributed by atoms with Crippen molar-refractivity contribution in [1.82, 2.24) is 0 Å². The molecule has 0 fully saturated rings. The molecule has 0 saturated heterocycles. The zero-order chi connectivity index (χ0) is 23.4. The van der Waals surface area contributed by atoms with Crippen molar-refractivity contribution < 1.29 is 31.6 Å². The first kappa shape index (κ1) is 32.3. The van der Waals surface area contributed by atoms with Crippen LogP contribution in [0.4, 0.5) is 0 Å². The van der Waals surface area contributed by atoms with Gasteiger partial charge in [-0.05, 0) is 16.7 Å². The zero-order valence-corrected chi connectivity index (χ0v) is 23.6. The first-order valence-corrected chi connectivity index (χ1v) is 10.9. The number of benzene rings is 3. The summed E-state index contributed by atoms with van der Waals surface area (Å²) in [4.78, 5) is 12.4. The van der Waals surface area contributed by atoms with E-state index < -0.39 is 11.4 Å². The monoisotopic (exact) mass is 501 g/mol. The van der Waals surface area contributed by atoms with Crippen LogP contribution in [-0.2, 0) is 31.9 Å². The number of allylic oxidation sites excluding steroid dienone is 4. The molecule has 0 spiro atoms. The Hall–Kier alpha value is -2.68. The van der Waals surface area contributed by atoms with E-state index in [1.807, 2.05) is 91.0 Å². The van der Waals surface area contributed by atoms with E-state index in [0.29, 0.717) is 0 Å². The van der Waals surface area contributed by atoms with Gasteiger partial charge in [0.25, 0.3) is 0 Å². The first-order valence-electron chi connectivity index (χ1n) is 10.9. The molecule has 0 aromatic heterocycles. The van der Waals surface area contributed by atoms with Gasteiger partial charge in [-0.25, -0.2) is 5.57 Å². The summed E-state index contributed by atoms with van der Waals surface area (Å²) >= 11 is 0. The molecule has 0 heterocycles. The summed E-state index contributed by atoms with van der Waals surface area (Å²) in [6.07, 6.45) is 3.44. The molecule has 1 radical (unpaired) electrons. The summed E-state index contributed by atoms with van der Waals surface area (Å²) in [6.45, 7) is 10.9. The van der Waals surface area contributed by atoms with Gasteiger partial charge in [0, 0.05) is 0 Å². The van der Waals surface area contributed by atoms with Gasteiger partial charge in [-0.15, -0.1) is 6.92 Å². The van der Waals surface area contributed by atoms with Crippen molar-refractivity contribution in [3.05, 3.63) is 145 Å². The predicted octanol–water partition coefficient (Wildman–Crippen LogP) is 8.12. The average Bonchev–Trinajstić information content (AvgIpc) is 2.98. The Morgan fingerprint density at radius 2 is 1.03 bits per heavy atom. The molecular weight excluding hydrogens is 464 g/mol. The van der Waals surface area contributed by atoms with E-state index in [-0.39, 0.29) is 42.0 Å². The Balaban J connectivity index is 0.000000764. The number of hydrogen-bond acceptors (Lipinski definition) is 1. The normalized spacial score (nSPS) is 13.7. The molecule has 1 N–H and O–H groups in total. The van der Waals surface area contributed by atoms with Gasteiger partial charge in [0.05, 0.1) is 0 Å². The fraction of sp³-hybridized carbons (Fsp3) is 0.219. The summed E-state index contributed by atoms with van der Waals surface area (Å²) < 4.78 is 0. The molecule has 0 atom stereocenters. The standard InChI is InChI=1S/C20H16O2.C10H15.2CH3.Ti/c21-19(22)20(16-10-4-1-5-11-16,17-12-6-2-7-13-17)18-14-8-3-9-15-18;1-7-6-10(4,5)9(3)8(7)2;;;/h1-15H,(H,21,22);1-5H3;2*1H3;/q;3*-1;+3. The molecule has 3 aromatic carbocycles. The predicted molar refractivity (Wildman–Crippen MR) is 144 cm³/mol. The number of aliphatic carboxylic acids is 1. The number of hydrogen-bond donors (Lipinski definition) is 1. The van der Waals surface area contributed by atoms with E-state index in [2.05, 4.69) is 40.7 Å². The van der Waals surface area contributed by atoms with Crippen molar-refractivity contribution >= 4 is 5.97 Å². The van der Waals surface area contributed by atoms with Crippen LogP contribution in [0, 0.1) is 26.3 Å². The minimum absolute atomic E-state index is 0. The summed E-state index contributed by atoms with van der Waals surface area (Å²) in [5.41, 5.74) is 5.44. The van der Waals surface area contributed by atoms with E-state index >= 15 is 0 Å². The van der Waals surface area contributed by atoms with Crippen molar-refractivity contribution in [3.63, 3.8) is 0 Å². The van der Waals surface area contributed by atoms with Gasteiger partial charge in [0.1, 0.15) is 5.41 Å². The second-order valence-electron chi connectivity index (χ2n) is 8.78. The Labute approximate surface area is 227 Å². The summed E-state index contributed by atoms with van der Waals surface area (Å²) in [5, 5.41) is 10.2. The van der Waals surface area contributed by atoms with Crippen molar-refractivity contribution in [1.29, 1.82) is 0 Å². The van der Waals surface area contributed by atoms with Crippen LogP contribution < -0.4 is 0 Å². The molecule has 2 nitrogen and oxygen atoms in total. The van der Waals surface area contributed by atoms with Crippen LogP contribution in [0.2, 0.25) is 0 Å². The Morgan fingerprint density at radius 3 is 1.20 bits per heavy atom. The summed E-state index contributed by atoms with van der Waals surface area (Å²) in [7, 11) is 0. The quantitative estimate of drug-likeness (QED) is 0.223. The molecule has 181 valence electrons. The molecule has 0 aliphatic heterocycles. The first-order chi connectivity index (χ1) is 15.2. The number of carbonyl (C=O) groups is 1. The van der Waals surface area contributed by atoms with Gasteiger partial charge in [-0.2, -0.15) is 11.1 Å². The third-order valence-electron chi connectivity index (χ3n) is 6.50. The maximum Gasteiger partial charge on any atom is 3.00 e. The van der Waals surface area contributed by atoms with Crippen molar-refractivity contribution in [3.8, 4) is 0 Å². The van der Waals surface area contributed by atoms with Crippen LogP contribution in [0.15, 0.2) is 108 Å². The molecule has 0 amide bonds. The SMILES string of the molecule is CC1=[C-]C(C)(C)C(C)=C1C.O=C(O)C(c1ccccc1)(c1ccccc1)c1ccccc1.[CH3-].[CH3-].[Ti+3]. The Morgan fingerprint density at radius 1 is 0.714 bits per heavy atom. The van der Waals surface area contributed by atoms with Crippen LogP contribution in [0.3, 0.4) is 0 Å². The molecular formula is C32H37O2Ti. The third-order valence-corrected chi connectivity index (χ3v) is 6.50. The van der Waals surface area contributed by atoms with Gasteiger partial charge < -0.3 is 20.0 Å². The maximum absolute atomic E-state index is 12.4. The number of carboxylic acid groups (broad SMARTS) is 1. The number of carboxylic acids is 1. The topological polar surface area (TPSA) is 37.3 Å². The Bertz CT molecular complexity index is 1030. The van der Waals surface area contributed by atoms with Gasteiger partial charge in [0.2, 0.25) is 0 Å². The van der Waals surface area contributed by atoms with E-state index in [9.17, 15) is 9.90 Å². The van der Waals surface area contributed by atoms with E-state index in [1.165, 1.54) is 16.7 Å². The average molecular weight is 502 g/mol. The fourth-order valence-electron chi connectivity index (χ4n) is 4.34. The van der Waals surface area contributed by atoms with Crippen molar-refractivity contribution in [2.24, 2.45) is 5.41 Å². The molecule has 4 rings (SSSR count). The van der Waals surface area contributed by atoms with Crippen LogP contribution in [0.25, 0.3) is 0 Å². The van der Waals surface area contributed by atoms with Crippen molar-refractivity contribution in [2.75, 3.05) is 0 Å². The van der Waals surface area contributed by atoms with E-state index in [1.54, 1.807) is 0 Å². The molecule has 0 bridgehead atoms. The molecule has 0 unspecified atom stereocenters. The second kappa shape index (κ2) is 13.4. The van der Waals surface area contributed by atoms with E-state index in [0.717, 1.165) is 16.7 Å². The summed E-state index contributed by atoms with van der Waals surface area (Å²) in [6, 6.07) is 28.1. The van der Waals surface area contributed by atoms with Crippen LogP contribution >= 0.6 is 0 Å². The largest absolute Gasteiger partial charge is 3.00 e. The minimum atomic E-state index is -1.20. The fourth-order valence-corrected chi connectivity index (χ4v) is 4.34. The van der Waals surface area contributed by atoms with Gasteiger partial charge >= 0.3 is 27.7 Å². The van der Waals surface area contributed by atoms with Crippen LogP contribution in [0.1, 0.15) is 51.3 Å². The second-order valence-corrected chi connectivity index (χ2v) is 8.78. The molecule has 35 heavy (non-hydrogen) atoms. The van der Waals surface area contributed by atoms with Crippen LogP contribution in [0.5, 0.6) is 0 Å². The minimum Gasteiger partial charge on any atom is -0.480 e. The smallest absolute Gasteiger partial charge is 0.480 e. The molecule has 1 aliphatic rings. The van der Waals surface area contributed by atoms with Crippen LogP contribution in [-0.4, -0.2) is 11.1 Å². The third kappa shape index (κ3) is 6.51. The van der Waals surface area contributed by atoms with Crippen molar-refractivity contribution in [2.45, 2.75) is 40.0 Å². The maximum atomic E-state index is 12.4.